The van der Waals surface area contributed by atoms with E-state index >= 15 is 0 Å². The lowest BCUT2D eigenvalue weighted by molar-refractivity contribution is -0.172. The van der Waals surface area contributed by atoms with Crippen LogP contribution in [0.2, 0.25) is 0 Å². The molecule has 2 bridgehead atoms. The summed E-state index contributed by atoms with van der Waals surface area (Å²) in [7, 11) is 1.34. The summed E-state index contributed by atoms with van der Waals surface area (Å²) in [5.74, 6) is -0.161. The molecule has 0 spiro atoms. The van der Waals surface area contributed by atoms with Gasteiger partial charge in [0.2, 0.25) is 0 Å². The number of carbonyl (C=O) groups excluding carboxylic acids is 2. The molecule has 0 radical (unpaired) electrons. The summed E-state index contributed by atoms with van der Waals surface area (Å²) in [6.07, 6.45) is 1.31. The SMILES string of the molecule is C=C1[C@@H]2C[C@H](C(=O)[C@@]1(CC)C(=O)OC)C2(C)C. The van der Waals surface area contributed by atoms with Gasteiger partial charge in [0.05, 0.1) is 7.11 Å². The molecular weight excluding hydrogens is 216 g/mol. The van der Waals surface area contributed by atoms with E-state index in [0.717, 1.165) is 12.0 Å². The highest BCUT2D eigenvalue weighted by Gasteiger charge is 2.67. The highest BCUT2D eigenvalue weighted by molar-refractivity contribution is 6.10. The van der Waals surface area contributed by atoms with Crippen molar-refractivity contribution in [3.05, 3.63) is 12.2 Å². The van der Waals surface area contributed by atoms with Crippen molar-refractivity contribution in [2.24, 2.45) is 22.7 Å². The van der Waals surface area contributed by atoms with Crippen molar-refractivity contribution >= 4 is 11.8 Å². The van der Waals surface area contributed by atoms with Gasteiger partial charge in [-0.05, 0) is 29.7 Å². The number of carbonyl (C=O) groups is 2. The van der Waals surface area contributed by atoms with Gasteiger partial charge in [0.15, 0.2) is 5.78 Å². The molecule has 0 aromatic rings. The molecule has 3 rings (SSSR count). The van der Waals surface area contributed by atoms with E-state index in [1.54, 1.807) is 0 Å². The summed E-state index contributed by atoms with van der Waals surface area (Å²) in [6, 6.07) is 0. The fourth-order valence-electron chi connectivity index (χ4n) is 3.67. The molecule has 0 heterocycles. The molecule has 0 aliphatic heterocycles. The van der Waals surface area contributed by atoms with Crippen molar-refractivity contribution in [1.82, 2.24) is 0 Å². The van der Waals surface area contributed by atoms with E-state index < -0.39 is 11.4 Å². The fourth-order valence-corrected chi connectivity index (χ4v) is 3.67. The zero-order valence-corrected chi connectivity index (χ0v) is 11.0. The van der Waals surface area contributed by atoms with Crippen LogP contribution in [0.1, 0.15) is 33.6 Å². The van der Waals surface area contributed by atoms with Crippen LogP contribution in [0.3, 0.4) is 0 Å². The predicted molar refractivity (Wildman–Crippen MR) is 64.3 cm³/mol. The summed E-state index contributed by atoms with van der Waals surface area (Å²) < 4.78 is 4.84. The number of ether oxygens (including phenoxy) is 1. The van der Waals surface area contributed by atoms with Gasteiger partial charge < -0.3 is 4.74 Å². The molecule has 0 aromatic carbocycles. The van der Waals surface area contributed by atoms with Gasteiger partial charge in [-0.1, -0.05) is 27.4 Å². The average molecular weight is 236 g/mol. The van der Waals surface area contributed by atoms with Crippen LogP contribution in [0, 0.1) is 22.7 Å². The maximum atomic E-state index is 12.6. The van der Waals surface area contributed by atoms with Crippen LogP contribution in [-0.2, 0) is 14.3 Å². The number of Topliss-reactive ketones (excluding diaryl/α,β-unsaturated/α-hetero) is 1. The second-order valence-electron chi connectivity index (χ2n) is 5.80. The largest absolute Gasteiger partial charge is 0.468 e. The van der Waals surface area contributed by atoms with Gasteiger partial charge in [-0.25, -0.2) is 0 Å². The number of fused-ring (bicyclic) bond motifs is 2. The van der Waals surface area contributed by atoms with Crippen LogP contribution in [0.4, 0.5) is 0 Å². The first-order chi connectivity index (χ1) is 7.83. The summed E-state index contributed by atoms with van der Waals surface area (Å²) >= 11 is 0. The van der Waals surface area contributed by atoms with Gasteiger partial charge in [0.25, 0.3) is 0 Å². The van der Waals surface area contributed by atoms with Crippen LogP contribution in [0.25, 0.3) is 0 Å². The highest BCUT2D eigenvalue weighted by Crippen LogP contribution is 2.65. The van der Waals surface area contributed by atoms with Crippen LogP contribution < -0.4 is 0 Å². The minimum Gasteiger partial charge on any atom is -0.468 e. The molecule has 3 nitrogen and oxygen atoms in total. The molecule has 3 saturated carbocycles. The number of methoxy groups -OCH3 is 1. The standard InChI is InChI=1S/C14H20O3/c1-6-14(12(16)17-5)8(2)9-7-10(11(14)15)13(9,3)4/h9-10H,2,6-7H2,1,3-5H3/t9-,10+,14-/m0/s1. The second kappa shape index (κ2) is 3.44. The van der Waals surface area contributed by atoms with Gasteiger partial charge in [-0.15, -0.1) is 0 Å². The second-order valence-corrected chi connectivity index (χ2v) is 5.80. The Morgan fingerprint density at radius 3 is 2.41 bits per heavy atom. The van der Waals surface area contributed by atoms with Crippen molar-refractivity contribution in [1.29, 1.82) is 0 Å². The Hall–Kier alpha value is -1.12. The molecule has 0 amide bonds. The predicted octanol–water partition coefficient (Wildman–Crippen LogP) is 2.36. The molecule has 0 N–H and O–H groups in total. The third-order valence-corrected chi connectivity index (χ3v) is 5.04. The third kappa shape index (κ3) is 1.17. The molecule has 3 atom stereocenters. The first-order valence-corrected chi connectivity index (χ1v) is 6.16. The topological polar surface area (TPSA) is 43.4 Å². The number of hydrogen-bond acceptors (Lipinski definition) is 3. The van der Waals surface area contributed by atoms with E-state index in [2.05, 4.69) is 20.4 Å². The van der Waals surface area contributed by atoms with Crippen molar-refractivity contribution in [2.75, 3.05) is 7.11 Å². The zero-order chi connectivity index (χ0) is 13.0. The molecule has 3 heteroatoms. The Balaban J connectivity index is 2.48. The monoisotopic (exact) mass is 236 g/mol. The van der Waals surface area contributed by atoms with Crippen molar-refractivity contribution in [3.63, 3.8) is 0 Å². The molecule has 17 heavy (non-hydrogen) atoms. The Kier molecular flexibility index (Phi) is 2.49. The van der Waals surface area contributed by atoms with Crippen molar-refractivity contribution in [2.45, 2.75) is 33.6 Å². The summed E-state index contributed by atoms with van der Waals surface area (Å²) in [6.45, 7) is 10.1. The van der Waals surface area contributed by atoms with Crippen molar-refractivity contribution < 1.29 is 14.3 Å². The highest BCUT2D eigenvalue weighted by atomic mass is 16.5. The summed E-state index contributed by atoms with van der Waals surface area (Å²) in [4.78, 5) is 24.6. The number of rotatable bonds is 2. The number of ketones is 1. The maximum Gasteiger partial charge on any atom is 0.323 e. The Morgan fingerprint density at radius 1 is 1.47 bits per heavy atom. The van der Waals surface area contributed by atoms with Gasteiger partial charge in [0.1, 0.15) is 5.41 Å². The fraction of sp³-hybridized carbons (Fsp3) is 0.714. The number of esters is 1. The van der Waals surface area contributed by atoms with Gasteiger partial charge in [0, 0.05) is 5.92 Å². The molecule has 0 unspecified atom stereocenters. The van der Waals surface area contributed by atoms with Gasteiger partial charge in [-0.3, -0.25) is 9.59 Å². The lowest BCUT2D eigenvalue weighted by Crippen LogP contribution is -2.64. The van der Waals surface area contributed by atoms with Crippen molar-refractivity contribution in [3.8, 4) is 0 Å². The molecule has 0 saturated heterocycles. The van der Waals surface area contributed by atoms with Gasteiger partial charge >= 0.3 is 5.97 Å². The van der Waals surface area contributed by atoms with E-state index in [1.807, 2.05) is 6.92 Å². The minimum atomic E-state index is -1.07. The number of hydrogen-bond donors (Lipinski definition) is 0. The van der Waals surface area contributed by atoms with E-state index in [0.29, 0.717) is 6.42 Å². The molecule has 94 valence electrons. The Bertz CT molecular complexity index is 382. The summed E-state index contributed by atoms with van der Waals surface area (Å²) in [5, 5.41) is 0. The first kappa shape index (κ1) is 12.3. The van der Waals surface area contributed by atoms with E-state index in [9.17, 15) is 9.59 Å². The van der Waals surface area contributed by atoms with Crippen LogP contribution >= 0.6 is 0 Å². The smallest absolute Gasteiger partial charge is 0.323 e. The normalized spacial score (nSPS) is 38.6. The maximum absolute atomic E-state index is 12.6. The molecular formula is C14H20O3. The lowest BCUT2D eigenvalue weighted by Gasteiger charge is -2.61. The van der Waals surface area contributed by atoms with E-state index in [-0.39, 0.29) is 23.0 Å². The van der Waals surface area contributed by atoms with E-state index in [1.165, 1.54) is 7.11 Å². The molecule has 0 aromatic heterocycles. The minimum absolute atomic E-state index is 0.0166. The van der Waals surface area contributed by atoms with Crippen LogP contribution in [-0.4, -0.2) is 18.9 Å². The molecule has 3 aliphatic carbocycles. The van der Waals surface area contributed by atoms with Gasteiger partial charge in [-0.2, -0.15) is 0 Å². The molecule has 3 fully saturated rings. The molecule has 3 aliphatic rings. The van der Waals surface area contributed by atoms with Crippen LogP contribution in [0.15, 0.2) is 12.2 Å². The Labute approximate surface area is 102 Å². The quantitative estimate of drug-likeness (QED) is 0.420. The summed E-state index contributed by atoms with van der Waals surface area (Å²) in [5.41, 5.74) is -0.344. The van der Waals surface area contributed by atoms with E-state index in [4.69, 9.17) is 4.74 Å². The lowest BCUT2D eigenvalue weighted by atomic mass is 9.40. The Morgan fingerprint density at radius 2 is 2.06 bits per heavy atom. The zero-order valence-electron chi connectivity index (χ0n) is 11.0. The first-order valence-electron chi connectivity index (χ1n) is 6.16. The third-order valence-electron chi connectivity index (χ3n) is 5.04. The van der Waals surface area contributed by atoms with Crippen LogP contribution in [0.5, 0.6) is 0 Å². The average Bonchev–Trinajstić information content (AvgIpc) is 2.28.